The fourth-order valence-corrected chi connectivity index (χ4v) is 3.01. The van der Waals surface area contributed by atoms with Crippen LogP contribution in [0.1, 0.15) is 47.0 Å². The predicted molar refractivity (Wildman–Crippen MR) is 74.6 cm³/mol. The summed E-state index contributed by atoms with van der Waals surface area (Å²) >= 11 is 0. The average Bonchev–Trinajstić information content (AvgIpc) is 2.71. The molecule has 2 aliphatic rings. The molecule has 2 heterocycles. The Morgan fingerprint density at radius 3 is 2.26 bits per heavy atom. The highest BCUT2D eigenvalue weighted by Gasteiger charge is 2.41. The van der Waals surface area contributed by atoms with Gasteiger partial charge in [0, 0.05) is 31.6 Å². The molecule has 0 spiro atoms. The molecule has 0 aromatic carbocycles. The molecule has 2 fully saturated rings. The molecule has 4 heteroatoms. The second-order valence-corrected chi connectivity index (χ2v) is 7.08. The Bertz CT molecular complexity index is 365. The number of carbonyl (C=O) groups is 2. The van der Waals surface area contributed by atoms with Crippen LogP contribution in [0.5, 0.6) is 0 Å². The van der Waals surface area contributed by atoms with Crippen molar-refractivity contribution in [2.24, 2.45) is 11.8 Å². The molecule has 0 saturated carbocycles. The minimum atomic E-state index is -0.178. The zero-order chi connectivity index (χ0) is 14.2. The highest BCUT2D eigenvalue weighted by molar-refractivity contribution is 5.89. The first kappa shape index (κ1) is 14.4. The van der Waals surface area contributed by atoms with Gasteiger partial charge in [-0.05, 0) is 39.5 Å². The fourth-order valence-electron chi connectivity index (χ4n) is 3.01. The van der Waals surface area contributed by atoms with E-state index in [0.717, 1.165) is 31.8 Å². The van der Waals surface area contributed by atoms with Crippen LogP contribution < -0.4 is 0 Å². The molecule has 1 unspecified atom stereocenters. The Morgan fingerprint density at radius 1 is 1.21 bits per heavy atom. The first-order valence-electron chi connectivity index (χ1n) is 7.38. The summed E-state index contributed by atoms with van der Waals surface area (Å²) < 4.78 is 0. The Balaban J connectivity index is 1.96. The van der Waals surface area contributed by atoms with Gasteiger partial charge in [-0.3, -0.25) is 9.59 Å². The van der Waals surface area contributed by atoms with Gasteiger partial charge in [-0.25, -0.2) is 0 Å². The van der Waals surface area contributed by atoms with E-state index < -0.39 is 0 Å². The Labute approximate surface area is 116 Å². The largest absolute Gasteiger partial charge is 0.342 e. The first-order valence-corrected chi connectivity index (χ1v) is 7.38. The van der Waals surface area contributed by atoms with E-state index in [4.69, 9.17) is 0 Å². The molecule has 108 valence electrons. The number of hydrogen-bond donors (Lipinski definition) is 0. The third kappa shape index (κ3) is 3.10. The van der Waals surface area contributed by atoms with E-state index in [-0.39, 0.29) is 23.3 Å². The number of hydrogen-bond acceptors (Lipinski definition) is 2. The lowest BCUT2D eigenvalue weighted by molar-refractivity contribution is -0.137. The summed E-state index contributed by atoms with van der Waals surface area (Å²) in [7, 11) is 0. The molecule has 0 aromatic rings. The predicted octanol–water partition coefficient (Wildman–Crippen LogP) is 1.89. The molecule has 0 N–H and O–H groups in total. The van der Waals surface area contributed by atoms with Gasteiger partial charge in [0.2, 0.25) is 11.8 Å². The van der Waals surface area contributed by atoms with Gasteiger partial charge < -0.3 is 9.80 Å². The molecule has 0 bridgehead atoms. The molecule has 2 saturated heterocycles. The zero-order valence-electron chi connectivity index (χ0n) is 12.6. The number of rotatable bonds is 1. The van der Waals surface area contributed by atoms with Crippen molar-refractivity contribution in [1.82, 2.24) is 9.80 Å². The van der Waals surface area contributed by atoms with Gasteiger partial charge in [-0.15, -0.1) is 0 Å². The molecule has 0 aliphatic carbocycles. The summed E-state index contributed by atoms with van der Waals surface area (Å²) in [5, 5.41) is 0. The van der Waals surface area contributed by atoms with E-state index in [2.05, 4.69) is 6.92 Å². The minimum absolute atomic E-state index is 0.122. The van der Waals surface area contributed by atoms with Gasteiger partial charge in [0.1, 0.15) is 0 Å². The lowest BCUT2D eigenvalue weighted by Crippen LogP contribution is -2.45. The molecule has 0 radical (unpaired) electrons. The van der Waals surface area contributed by atoms with E-state index >= 15 is 0 Å². The minimum Gasteiger partial charge on any atom is -0.342 e. The Morgan fingerprint density at radius 2 is 1.79 bits per heavy atom. The SMILES string of the molecule is CC1CCN(C(=O)C2CC(=O)N(C(C)(C)C)C2)CC1. The number of piperidine rings is 1. The molecular weight excluding hydrogens is 240 g/mol. The fraction of sp³-hybridized carbons (Fsp3) is 0.867. The second-order valence-electron chi connectivity index (χ2n) is 7.08. The quantitative estimate of drug-likeness (QED) is 0.727. The summed E-state index contributed by atoms with van der Waals surface area (Å²) in [6.07, 6.45) is 2.58. The zero-order valence-corrected chi connectivity index (χ0v) is 12.6. The van der Waals surface area contributed by atoms with Gasteiger partial charge in [-0.2, -0.15) is 0 Å². The van der Waals surface area contributed by atoms with E-state index in [1.807, 2.05) is 30.6 Å². The smallest absolute Gasteiger partial charge is 0.227 e. The Hall–Kier alpha value is -1.06. The van der Waals surface area contributed by atoms with Crippen LogP contribution in [0.15, 0.2) is 0 Å². The maximum Gasteiger partial charge on any atom is 0.227 e. The van der Waals surface area contributed by atoms with Crippen molar-refractivity contribution in [3.8, 4) is 0 Å². The third-order valence-corrected chi connectivity index (χ3v) is 4.38. The number of carbonyl (C=O) groups excluding carboxylic acids is 2. The number of likely N-dealkylation sites (tertiary alicyclic amines) is 2. The van der Waals surface area contributed by atoms with Crippen LogP contribution >= 0.6 is 0 Å². The van der Waals surface area contributed by atoms with E-state index in [0.29, 0.717) is 13.0 Å². The van der Waals surface area contributed by atoms with Crippen LogP contribution in [0, 0.1) is 11.8 Å². The highest BCUT2D eigenvalue weighted by Crippen LogP contribution is 2.28. The normalized spacial score (nSPS) is 26.1. The second kappa shape index (κ2) is 5.14. The summed E-state index contributed by atoms with van der Waals surface area (Å²) in [5.74, 6) is 0.906. The van der Waals surface area contributed by atoms with Crippen LogP contribution in [0.2, 0.25) is 0 Å². The van der Waals surface area contributed by atoms with Gasteiger partial charge in [0.25, 0.3) is 0 Å². The van der Waals surface area contributed by atoms with Crippen LogP contribution in [0.25, 0.3) is 0 Å². The summed E-state index contributed by atoms with van der Waals surface area (Å²) in [6.45, 7) is 10.6. The molecule has 19 heavy (non-hydrogen) atoms. The van der Waals surface area contributed by atoms with E-state index in [1.165, 1.54) is 0 Å². The lowest BCUT2D eigenvalue weighted by atomic mass is 9.97. The molecular formula is C15H26N2O2. The van der Waals surface area contributed by atoms with E-state index in [1.54, 1.807) is 0 Å². The molecule has 1 atom stereocenters. The van der Waals surface area contributed by atoms with Crippen molar-refractivity contribution < 1.29 is 9.59 Å². The number of nitrogens with zero attached hydrogens (tertiary/aromatic N) is 2. The van der Waals surface area contributed by atoms with Crippen molar-refractivity contribution >= 4 is 11.8 Å². The first-order chi connectivity index (χ1) is 8.79. The highest BCUT2D eigenvalue weighted by atomic mass is 16.2. The Kier molecular flexibility index (Phi) is 3.88. The summed E-state index contributed by atoms with van der Waals surface area (Å²) in [4.78, 5) is 28.3. The summed E-state index contributed by atoms with van der Waals surface area (Å²) in [6, 6.07) is 0. The van der Waals surface area contributed by atoms with Crippen LogP contribution in [-0.2, 0) is 9.59 Å². The van der Waals surface area contributed by atoms with Gasteiger partial charge in [0.05, 0.1) is 5.92 Å². The van der Waals surface area contributed by atoms with Crippen molar-refractivity contribution in [2.45, 2.75) is 52.5 Å². The standard InChI is InChI=1S/C15H26N2O2/c1-11-5-7-16(8-6-11)14(19)12-9-13(18)17(10-12)15(2,3)4/h11-12H,5-10H2,1-4H3. The maximum atomic E-state index is 12.5. The third-order valence-electron chi connectivity index (χ3n) is 4.38. The van der Waals surface area contributed by atoms with Crippen molar-refractivity contribution in [2.75, 3.05) is 19.6 Å². The van der Waals surface area contributed by atoms with Crippen LogP contribution in [-0.4, -0.2) is 46.8 Å². The number of amides is 2. The van der Waals surface area contributed by atoms with Crippen LogP contribution in [0.3, 0.4) is 0 Å². The van der Waals surface area contributed by atoms with Gasteiger partial charge >= 0.3 is 0 Å². The topological polar surface area (TPSA) is 40.6 Å². The van der Waals surface area contributed by atoms with Crippen LogP contribution in [0.4, 0.5) is 0 Å². The maximum absolute atomic E-state index is 12.5. The average molecular weight is 266 g/mol. The van der Waals surface area contributed by atoms with Gasteiger partial charge in [-0.1, -0.05) is 6.92 Å². The molecule has 2 rings (SSSR count). The monoisotopic (exact) mass is 266 g/mol. The van der Waals surface area contributed by atoms with Crippen molar-refractivity contribution in [3.63, 3.8) is 0 Å². The molecule has 2 amide bonds. The van der Waals surface area contributed by atoms with Crippen molar-refractivity contribution in [3.05, 3.63) is 0 Å². The van der Waals surface area contributed by atoms with Gasteiger partial charge in [0.15, 0.2) is 0 Å². The summed E-state index contributed by atoms with van der Waals surface area (Å²) in [5.41, 5.74) is -0.178. The van der Waals surface area contributed by atoms with Crippen molar-refractivity contribution in [1.29, 1.82) is 0 Å². The lowest BCUT2D eigenvalue weighted by Gasteiger charge is -2.34. The molecule has 4 nitrogen and oxygen atoms in total. The molecule has 0 aromatic heterocycles. The molecule has 2 aliphatic heterocycles. The van der Waals surface area contributed by atoms with E-state index in [9.17, 15) is 9.59 Å².